The first-order chi connectivity index (χ1) is 7.59. The molecule has 1 rings (SSSR count). The minimum atomic E-state index is 0.0247. The van der Waals surface area contributed by atoms with Crippen LogP contribution >= 0.6 is 11.8 Å². The molecule has 0 amide bonds. The summed E-state index contributed by atoms with van der Waals surface area (Å²) >= 11 is 2.15. The van der Waals surface area contributed by atoms with Crippen molar-refractivity contribution >= 4 is 11.8 Å². The quantitative estimate of drug-likeness (QED) is 0.745. The van der Waals surface area contributed by atoms with Crippen molar-refractivity contribution in [2.24, 2.45) is 0 Å². The zero-order chi connectivity index (χ0) is 12.0. The zero-order valence-corrected chi connectivity index (χ0v) is 12.0. The van der Waals surface area contributed by atoms with Crippen LogP contribution in [0, 0.1) is 0 Å². The summed E-state index contributed by atoms with van der Waals surface area (Å²) in [6.45, 7) is 7.64. The molecule has 96 valence electrons. The molecule has 16 heavy (non-hydrogen) atoms. The predicted molar refractivity (Wildman–Crippen MR) is 73.3 cm³/mol. The molecule has 1 fully saturated rings. The van der Waals surface area contributed by atoms with Crippen LogP contribution in [0.5, 0.6) is 0 Å². The van der Waals surface area contributed by atoms with E-state index in [4.69, 9.17) is 4.74 Å². The number of hydrogen-bond donors (Lipinski definition) is 1. The number of thioether (sulfide) groups is 1. The van der Waals surface area contributed by atoms with E-state index in [1.807, 2.05) is 7.11 Å². The number of ether oxygens (including phenoxy) is 1. The van der Waals surface area contributed by atoms with Crippen molar-refractivity contribution in [2.45, 2.75) is 63.3 Å². The van der Waals surface area contributed by atoms with Crippen molar-refractivity contribution in [2.75, 3.05) is 19.4 Å². The van der Waals surface area contributed by atoms with E-state index in [1.54, 1.807) is 0 Å². The van der Waals surface area contributed by atoms with Crippen molar-refractivity contribution < 1.29 is 4.74 Å². The Kier molecular flexibility index (Phi) is 6.16. The lowest BCUT2D eigenvalue weighted by molar-refractivity contribution is 0.0117. The molecule has 2 atom stereocenters. The van der Waals surface area contributed by atoms with Gasteiger partial charge < -0.3 is 10.1 Å². The van der Waals surface area contributed by atoms with Crippen LogP contribution in [-0.2, 0) is 4.74 Å². The second-order valence-corrected chi connectivity index (χ2v) is 6.57. The van der Waals surface area contributed by atoms with E-state index in [-0.39, 0.29) is 5.60 Å². The van der Waals surface area contributed by atoms with Gasteiger partial charge in [0.25, 0.3) is 0 Å². The van der Waals surface area contributed by atoms with Gasteiger partial charge in [-0.25, -0.2) is 0 Å². The lowest BCUT2D eigenvalue weighted by atomic mass is 9.96. The van der Waals surface area contributed by atoms with Crippen molar-refractivity contribution in [1.29, 1.82) is 0 Å². The normalized spacial score (nSPS) is 23.6. The van der Waals surface area contributed by atoms with Crippen LogP contribution in [0.15, 0.2) is 0 Å². The summed E-state index contributed by atoms with van der Waals surface area (Å²) in [5.74, 6) is 1.35. The van der Waals surface area contributed by atoms with Gasteiger partial charge in [-0.1, -0.05) is 6.92 Å². The smallest absolute Gasteiger partial charge is 0.0623 e. The highest BCUT2D eigenvalue weighted by atomic mass is 32.2. The number of rotatable bonds is 7. The third-order valence-electron chi connectivity index (χ3n) is 3.49. The van der Waals surface area contributed by atoms with Gasteiger partial charge in [0.2, 0.25) is 0 Å². The number of hydrogen-bond acceptors (Lipinski definition) is 3. The largest absolute Gasteiger partial charge is 0.379 e. The van der Waals surface area contributed by atoms with E-state index in [9.17, 15) is 0 Å². The van der Waals surface area contributed by atoms with Crippen LogP contribution in [0.25, 0.3) is 0 Å². The summed E-state index contributed by atoms with van der Waals surface area (Å²) < 4.78 is 5.49. The Morgan fingerprint density at radius 2 is 2.25 bits per heavy atom. The van der Waals surface area contributed by atoms with Crippen molar-refractivity contribution in [3.05, 3.63) is 0 Å². The minimum absolute atomic E-state index is 0.0247. The number of nitrogens with one attached hydrogen (secondary N) is 1. The number of methoxy groups -OCH3 is 1. The van der Waals surface area contributed by atoms with E-state index in [0.29, 0.717) is 6.04 Å². The zero-order valence-electron chi connectivity index (χ0n) is 11.2. The Morgan fingerprint density at radius 1 is 1.50 bits per heavy atom. The third kappa shape index (κ3) is 4.64. The molecule has 2 unspecified atom stereocenters. The average Bonchev–Trinajstić information content (AvgIpc) is 2.77. The lowest BCUT2D eigenvalue weighted by Crippen LogP contribution is -2.39. The fraction of sp³-hybridized carbons (Fsp3) is 1.00. The molecule has 3 heteroatoms. The van der Waals surface area contributed by atoms with Crippen LogP contribution in [0.4, 0.5) is 0 Å². The molecule has 1 heterocycles. The van der Waals surface area contributed by atoms with Crippen LogP contribution in [0.2, 0.25) is 0 Å². The average molecular weight is 245 g/mol. The molecular weight excluding hydrogens is 218 g/mol. The monoisotopic (exact) mass is 245 g/mol. The van der Waals surface area contributed by atoms with Gasteiger partial charge in [0.05, 0.1) is 5.60 Å². The lowest BCUT2D eigenvalue weighted by Gasteiger charge is -2.29. The van der Waals surface area contributed by atoms with E-state index in [2.05, 4.69) is 37.8 Å². The summed E-state index contributed by atoms with van der Waals surface area (Å²) in [4.78, 5) is 0. The topological polar surface area (TPSA) is 21.3 Å². The molecular formula is C13H27NOS. The van der Waals surface area contributed by atoms with Gasteiger partial charge in [0.1, 0.15) is 0 Å². The minimum Gasteiger partial charge on any atom is -0.379 e. The van der Waals surface area contributed by atoms with Gasteiger partial charge in [-0.05, 0) is 51.8 Å². The van der Waals surface area contributed by atoms with Gasteiger partial charge >= 0.3 is 0 Å². The van der Waals surface area contributed by atoms with E-state index < -0.39 is 0 Å². The first-order valence-electron chi connectivity index (χ1n) is 6.49. The molecule has 0 saturated carbocycles. The molecule has 2 nitrogen and oxygen atoms in total. The van der Waals surface area contributed by atoms with E-state index >= 15 is 0 Å². The predicted octanol–water partition coefficient (Wildman–Crippen LogP) is 3.07. The van der Waals surface area contributed by atoms with Gasteiger partial charge in [0, 0.05) is 18.4 Å². The fourth-order valence-electron chi connectivity index (χ4n) is 2.21. The van der Waals surface area contributed by atoms with Gasteiger partial charge in [0.15, 0.2) is 0 Å². The Labute approximate surface area is 105 Å². The molecule has 0 aliphatic carbocycles. The Balaban J connectivity index is 2.38. The van der Waals surface area contributed by atoms with Crippen LogP contribution in [0.3, 0.4) is 0 Å². The van der Waals surface area contributed by atoms with Crippen LogP contribution in [-0.4, -0.2) is 36.3 Å². The second-order valence-electron chi connectivity index (χ2n) is 5.22. The SMILES string of the molecule is CCNC(CCC(C)(C)OC)C1CCCS1. The molecule has 0 aromatic carbocycles. The Hall–Kier alpha value is 0.270. The van der Waals surface area contributed by atoms with Gasteiger partial charge in [-0.2, -0.15) is 11.8 Å². The highest BCUT2D eigenvalue weighted by molar-refractivity contribution is 8.00. The summed E-state index contributed by atoms with van der Waals surface area (Å²) in [6.07, 6.45) is 5.14. The van der Waals surface area contributed by atoms with Crippen molar-refractivity contribution in [1.82, 2.24) is 5.32 Å². The molecule has 1 aliphatic rings. The van der Waals surface area contributed by atoms with E-state index in [0.717, 1.165) is 18.2 Å². The molecule has 0 spiro atoms. The summed E-state index contributed by atoms with van der Waals surface area (Å²) in [5, 5.41) is 4.47. The van der Waals surface area contributed by atoms with Crippen molar-refractivity contribution in [3.63, 3.8) is 0 Å². The van der Waals surface area contributed by atoms with E-state index in [1.165, 1.54) is 25.0 Å². The molecule has 1 saturated heterocycles. The standard InChI is InChI=1S/C13H27NOS/c1-5-14-11(12-7-6-10-16-12)8-9-13(2,3)15-4/h11-12,14H,5-10H2,1-4H3. The molecule has 0 aromatic rings. The molecule has 0 bridgehead atoms. The highest BCUT2D eigenvalue weighted by Gasteiger charge is 2.27. The maximum Gasteiger partial charge on any atom is 0.0623 e. The second kappa shape index (κ2) is 6.87. The maximum absolute atomic E-state index is 5.49. The molecule has 1 N–H and O–H groups in total. The first kappa shape index (κ1) is 14.3. The highest BCUT2D eigenvalue weighted by Crippen LogP contribution is 2.31. The molecule has 0 aromatic heterocycles. The third-order valence-corrected chi connectivity index (χ3v) is 5.01. The molecule has 1 aliphatic heterocycles. The van der Waals surface area contributed by atoms with Gasteiger partial charge in [-0.3, -0.25) is 0 Å². The van der Waals surface area contributed by atoms with Crippen LogP contribution in [0.1, 0.15) is 46.5 Å². The maximum atomic E-state index is 5.49. The summed E-state index contributed by atoms with van der Waals surface area (Å²) in [6, 6.07) is 0.673. The van der Waals surface area contributed by atoms with Gasteiger partial charge in [-0.15, -0.1) is 0 Å². The van der Waals surface area contributed by atoms with Crippen LogP contribution < -0.4 is 5.32 Å². The Bertz CT molecular complexity index is 190. The summed E-state index contributed by atoms with van der Waals surface area (Å²) in [5.41, 5.74) is 0.0247. The summed E-state index contributed by atoms with van der Waals surface area (Å²) in [7, 11) is 1.81. The fourth-order valence-corrected chi connectivity index (χ4v) is 3.64. The molecule has 0 radical (unpaired) electrons. The van der Waals surface area contributed by atoms with Crippen molar-refractivity contribution in [3.8, 4) is 0 Å². The Morgan fingerprint density at radius 3 is 2.75 bits per heavy atom. The first-order valence-corrected chi connectivity index (χ1v) is 7.54.